The van der Waals surface area contributed by atoms with E-state index in [1.165, 1.54) is 12.0 Å². The molecule has 1 saturated heterocycles. The highest BCUT2D eigenvalue weighted by molar-refractivity contribution is 5.90. The third-order valence-electron chi connectivity index (χ3n) is 5.98. The Morgan fingerprint density at radius 1 is 1.21 bits per heavy atom. The highest BCUT2D eigenvalue weighted by Gasteiger charge is 2.69. The van der Waals surface area contributed by atoms with Gasteiger partial charge in [0.05, 0.1) is 18.1 Å². The maximum absolute atomic E-state index is 12.6. The molecule has 1 heterocycles. The van der Waals surface area contributed by atoms with Gasteiger partial charge in [-0.25, -0.2) is 0 Å². The van der Waals surface area contributed by atoms with Crippen molar-refractivity contribution < 1.29 is 9.53 Å². The highest BCUT2D eigenvalue weighted by Crippen LogP contribution is 2.68. The Balaban J connectivity index is 1.88. The van der Waals surface area contributed by atoms with Crippen molar-refractivity contribution in [1.82, 2.24) is 0 Å². The van der Waals surface area contributed by atoms with Gasteiger partial charge < -0.3 is 4.74 Å². The maximum Gasteiger partial charge on any atom is 0.141 e. The van der Waals surface area contributed by atoms with Gasteiger partial charge in [0.25, 0.3) is 0 Å². The molecule has 1 aromatic rings. The van der Waals surface area contributed by atoms with E-state index in [1.54, 1.807) is 0 Å². The summed E-state index contributed by atoms with van der Waals surface area (Å²) in [5.74, 6) is 0.944. The average molecular weight is 256 g/mol. The van der Waals surface area contributed by atoms with Crippen LogP contribution in [0.25, 0.3) is 0 Å². The van der Waals surface area contributed by atoms with Crippen LogP contribution in [0.5, 0.6) is 0 Å². The minimum atomic E-state index is -0.0790. The Morgan fingerprint density at radius 2 is 2.00 bits per heavy atom. The summed E-state index contributed by atoms with van der Waals surface area (Å²) in [5.41, 5.74) is 1.20. The molecule has 0 unspecified atom stereocenters. The molecule has 0 N–H and O–H groups in total. The molecule has 3 aliphatic rings. The van der Waals surface area contributed by atoms with E-state index in [1.807, 2.05) is 6.07 Å². The molecule has 100 valence electrons. The predicted molar refractivity (Wildman–Crippen MR) is 72.9 cm³/mol. The molecular formula is C17H20O2. The molecular weight excluding hydrogens is 236 g/mol. The lowest BCUT2D eigenvalue weighted by Crippen LogP contribution is -2.43. The quantitative estimate of drug-likeness (QED) is 0.770. The zero-order valence-corrected chi connectivity index (χ0v) is 11.4. The van der Waals surface area contributed by atoms with Crippen LogP contribution in [0.1, 0.15) is 44.1 Å². The zero-order chi connectivity index (χ0) is 13.1. The Kier molecular flexibility index (Phi) is 2.27. The first kappa shape index (κ1) is 11.7. The fraction of sp³-hybridized carbons (Fsp3) is 0.588. The smallest absolute Gasteiger partial charge is 0.141 e. The molecule has 2 aliphatic carbocycles. The van der Waals surface area contributed by atoms with Gasteiger partial charge in [-0.15, -0.1) is 0 Å². The van der Waals surface area contributed by atoms with Gasteiger partial charge in [-0.1, -0.05) is 30.3 Å². The molecule has 3 fully saturated rings. The van der Waals surface area contributed by atoms with Gasteiger partial charge in [0, 0.05) is 11.8 Å². The Hall–Kier alpha value is -1.15. The lowest BCUT2D eigenvalue weighted by Gasteiger charge is -2.40. The number of hydrogen-bond acceptors (Lipinski definition) is 2. The summed E-state index contributed by atoms with van der Waals surface area (Å²) in [7, 11) is 0. The van der Waals surface area contributed by atoms with Gasteiger partial charge >= 0.3 is 0 Å². The van der Waals surface area contributed by atoms with Crippen molar-refractivity contribution >= 4 is 5.78 Å². The molecule has 2 saturated carbocycles. The third kappa shape index (κ3) is 1.28. The highest BCUT2D eigenvalue weighted by atomic mass is 16.5. The second-order valence-corrected chi connectivity index (χ2v) is 6.65. The molecule has 0 bridgehead atoms. The maximum atomic E-state index is 12.6. The minimum absolute atomic E-state index is 0.0636. The fourth-order valence-electron chi connectivity index (χ4n) is 5.19. The number of hydrogen-bond donors (Lipinski definition) is 0. The van der Waals surface area contributed by atoms with Crippen LogP contribution in [0.3, 0.4) is 0 Å². The average Bonchev–Trinajstić information content (AvgIpc) is 2.96. The lowest BCUT2D eigenvalue weighted by molar-refractivity contribution is -0.123. The van der Waals surface area contributed by atoms with E-state index in [0.29, 0.717) is 11.7 Å². The van der Waals surface area contributed by atoms with E-state index in [-0.39, 0.29) is 16.9 Å². The molecule has 0 radical (unpaired) electrons. The Bertz CT molecular complexity index is 523. The summed E-state index contributed by atoms with van der Waals surface area (Å²) in [4.78, 5) is 12.6. The van der Waals surface area contributed by atoms with Crippen LogP contribution in [0.2, 0.25) is 0 Å². The van der Waals surface area contributed by atoms with Crippen LogP contribution in [-0.2, 0) is 9.53 Å². The number of ketones is 1. The van der Waals surface area contributed by atoms with Crippen molar-refractivity contribution in [2.24, 2.45) is 11.3 Å². The summed E-state index contributed by atoms with van der Waals surface area (Å²) in [6.07, 6.45) is 4.18. The Labute approximate surface area is 114 Å². The first-order valence-electron chi connectivity index (χ1n) is 7.39. The monoisotopic (exact) mass is 256 g/mol. The largest absolute Gasteiger partial charge is 0.374 e. The van der Waals surface area contributed by atoms with Crippen LogP contribution in [0.15, 0.2) is 30.3 Å². The molecule has 2 nitrogen and oxygen atoms in total. The summed E-state index contributed by atoms with van der Waals surface area (Å²) < 4.78 is 6.17. The normalized spacial score (nSPS) is 44.4. The minimum Gasteiger partial charge on any atom is -0.374 e. The second kappa shape index (κ2) is 3.69. The summed E-state index contributed by atoms with van der Waals surface area (Å²) >= 11 is 0. The Morgan fingerprint density at radius 3 is 2.79 bits per heavy atom. The van der Waals surface area contributed by atoms with E-state index in [2.05, 4.69) is 31.2 Å². The third-order valence-corrected chi connectivity index (χ3v) is 5.98. The van der Waals surface area contributed by atoms with E-state index in [4.69, 9.17) is 4.74 Å². The topological polar surface area (TPSA) is 26.3 Å². The van der Waals surface area contributed by atoms with E-state index < -0.39 is 0 Å². The van der Waals surface area contributed by atoms with Crippen molar-refractivity contribution in [3.05, 3.63) is 35.9 Å². The molecule has 1 aromatic carbocycles. The molecule has 0 aromatic heterocycles. The van der Waals surface area contributed by atoms with Crippen molar-refractivity contribution in [3.63, 3.8) is 0 Å². The van der Waals surface area contributed by atoms with Crippen LogP contribution < -0.4 is 0 Å². The van der Waals surface area contributed by atoms with Crippen LogP contribution in [0, 0.1) is 11.3 Å². The van der Waals surface area contributed by atoms with Crippen LogP contribution in [0.4, 0.5) is 0 Å². The summed E-state index contributed by atoms with van der Waals surface area (Å²) in [5, 5.41) is 0. The van der Waals surface area contributed by atoms with Crippen molar-refractivity contribution in [3.8, 4) is 0 Å². The van der Waals surface area contributed by atoms with E-state index in [0.717, 1.165) is 25.9 Å². The lowest BCUT2D eigenvalue weighted by atomic mass is 9.63. The number of Topliss-reactive ketones (excluding diaryl/α,β-unsaturated/α-hetero) is 1. The molecule has 4 atom stereocenters. The molecule has 0 amide bonds. The van der Waals surface area contributed by atoms with Gasteiger partial charge in [-0.05, 0) is 37.7 Å². The van der Waals surface area contributed by atoms with E-state index >= 15 is 0 Å². The SMILES string of the molecule is C[C@@]12CCC[C@]13[C@@H](CO2)CC(=O)[C@H]3c1ccccc1. The predicted octanol–water partition coefficient (Wildman–Crippen LogP) is 3.32. The number of carbonyl (C=O) groups is 1. The number of ether oxygens (including phenoxy) is 1. The van der Waals surface area contributed by atoms with Gasteiger partial charge in [0.15, 0.2) is 0 Å². The standard InChI is InChI=1S/C17H20O2/c1-16-8-5-9-17(16)13(11-19-16)10-14(18)15(17)12-6-3-2-4-7-12/h2-4,6-7,13,15H,5,8-11H2,1H3/t13-,15-,16-,17-/m1/s1. The summed E-state index contributed by atoms with van der Waals surface area (Å²) in [6, 6.07) is 10.4. The molecule has 1 spiro atoms. The first-order chi connectivity index (χ1) is 9.17. The van der Waals surface area contributed by atoms with Crippen molar-refractivity contribution in [1.29, 1.82) is 0 Å². The molecule has 1 aliphatic heterocycles. The van der Waals surface area contributed by atoms with E-state index in [9.17, 15) is 4.79 Å². The van der Waals surface area contributed by atoms with Gasteiger partial charge in [-0.3, -0.25) is 4.79 Å². The van der Waals surface area contributed by atoms with Crippen molar-refractivity contribution in [2.45, 2.75) is 44.1 Å². The number of benzene rings is 1. The summed E-state index contributed by atoms with van der Waals surface area (Å²) in [6.45, 7) is 3.03. The van der Waals surface area contributed by atoms with Gasteiger partial charge in [0.2, 0.25) is 0 Å². The van der Waals surface area contributed by atoms with Gasteiger partial charge in [0.1, 0.15) is 5.78 Å². The van der Waals surface area contributed by atoms with Gasteiger partial charge in [-0.2, -0.15) is 0 Å². The molecule has 2 heteroatoms. The molecule has 19 heavy (non-hydrogen) atoms. The zero-order valence-electron chi connectivity index (χ0n) is 11.4. The van der Waals surface area contributed by atoms with Crippen LogP contribution >= 0.6 is 0 Å². The number of rotatable bonds is 1. The van der Waals surface area contributed by atoms with Crippen molar-refractivity contribution in [2.75, 3.05) is 6.61 Å². The fourth-order valence-corrected chi connectivity index (χ4v) is 5.19. The number of carbonyl (C=O) groups excluding carboxylic acids is 1. The second-order valence-electron chi connectivity index (χ2n) is 6.65. The molecule has 4 rings (SSSR count). The first-order valence-corrected chi connectivity index (χ1v) is 7.39. The van der Waals surface area contributed by atoms with Crippen LogP contribution in [-0.4, -0.2) is 18.0 Å².